The Morgan fingerprint density at radius 3 is 3.00 bits per heavy atom. The highest BCUT2D eigenvalue weighted by Gasteiger charge is 2.32. The van der Waals surface area contributed by atoms with E-state index in [1.54, 1.807) is 6.26 Å². The first-order valence-electron chi connectivity index (χ1n) is 5.46. The largest absolute Gasteiger partial charge is 0.464 e. The average Bonchev–Trinajstić information content (AvgIpc) is 2.86. The molecular weight excluding hydrogens is 202 g/mol. The van der Waals surface area contributed by atoms with Crippen molar-refractivity contribution in [3.05, 3.63) is 36.1 Å². The molecule has 3 nitrogen and oxygen atoms in total. The Morgan fingerprint density at radius 2 is 2.25 bits per heavy atom. The van der Waals surface area contributed by atoms with E-state index in [0.717, 1.165) is 23.1 Å². The van der Waals surface area contributed by atoms with E-state index in [4.69, 9.17) is 4.42 Å². The fourth-order valence-corrected chi connectivity index (χ4v) is 2.44. The molecule has 16 heavy (non-hydrogen) atoms. The number of likely N-dealkylation sites (tertiary alicyclic amines) is 1. The number of likely N-dealkylation sites (N-methyl/N-ethyl adjacent to an activating group) is 1. The van der Waals surface area contributed by atoms with Gasteiger partial charge in [-0.2, -0.15) is 0 Å². The molecule has 82 valence electrons. The summed E-state index contributed by atoms with van der Waals surface area (Å²) >= 11 is 0. The third-order valence-corrected chi connectivity index (χ3v) is 3.26. The molecule has 0 amide bonds. The van der Waals surface area contributed by atoms with E-state index >= 15 is 0 Å². The molecule has 1 fully saturated rings. The van der Waals surface area contributed by atoms with E-state index in [1.165, 1.54) is 0 Å². The third-order valence-electron chi connectivity index (χ3n) is 3.26. The highest BCUT2D eigenvalue weighted by atomic mass is 16.3. The van der Waals surface area contributed by atoms with Crippen molar-refractivity contribution in [2.24, 2.45) is 0 Å². The number of fused-ring (bicyclic) bond motifs is 1. The minimum absolute atomic E-state index is 0.130. The van der Waals surface area contributed by atoms with Crippen LogP contribution >= 0.6 is 0 Å². The molecule has 0 spiro atoms. The Balaban J connectivity index is 2.18. The lowest BCUT2D eigenvalue weighted by Crippen LogP contribution is -2.21. The van der Waals surface area contributed by atoms with Crippen molar-refractivity contribution in [3.63, 3.8) is 0 Å². The van der Waals surface area contributed by atoms with Gasteiger partial charge in [-0.25, -0.2) is 0 Å². The number of para-hydroxylation sites is 1. The van der Waals surface area contributed by atoms with Crippen LogP contribution in [0.3, 0.4) is 0 Å². The lowest BCUT2D eigenvalue weighted by molar-refractivity contribution is -0.119. The number of furan rings is 1. The lowest BCUT2D eigenvalue weighted by atomic mass is 10.0. The van der Waals surface area contributed by atoms with Crippen LogP contribution in [-0.2, 0) is 4.79 Å². The van der Waals surface area contributed by atoms with Gasteiger partial charge in [-0.1, -0.05) is 18.2 Å². The molecule has 1 aromatic heterocycles. The van der Waals surface area contributed by atoms with E-state index in [2.05, 4.69) is 4.90 Å². The summed E-state index contributed by atoms with van der Waals surface area (Å²) in [5.41, 5.74) is 1.84. The Labute approximate surface area is 93.6 Å². The summed E-state index contributed by atoms with van der Waals surface area (Å²) in [5, 5.41) is 1.06. The molecule has 0 N–H and O–H groups in total. The standard InChI is InChI=1S/C13H13NO2/c1-14-7-5-11(15)12(14)10-4-2-3-9-6-8-16-13(9)10/h2-4,6,8,12H,5,7H2,1H3. The van der Waals surface area contributed by atoms with Gasteiger partial charge in [0.15, 0.2) is 5.78 Å². The van der Waals surface area contributed by atoms with Crippen molar-refractivity contribution >= 4 is 16.8 Å². The monoisotopic (exact) mass is 215 g/mol. The van der Waals surface area contributed by atoms with Crippen LogP contribution in [0, 0.1) is 0 Å². The zero-order valence-electron chi connectivity index (χ0n) is 9.14. The molecule has 1 aliphatic rings. The van der Waals surface area contributed by atoms with Crippen LogP contribution in [0.5, 0.6) is 0 Å². The van der Waals surface area contributed by atoms with E-state index in [-0.39, 0.29) is 11.8 Å². The molecule has 1 aromatic carbocycles. The third kappa shape index (κ3) is 1.28. The number of rotatable bonds is 1. The molecule has 2 heterocycles. The van der Waals surface area contributed by atoms with E-state index < -0.39 is 0 Å². The van der Waals surface area contributed by atoms with Gasteiger partial charge in [0.25, 0.3) is 0 Å². The zero-order valence-corrected chi connectivity index (χ0v) is 9.14. The first-order chi connectivity index (χ1) is 7.77. The van der Waals surface area contributed by atoms with Crippen molar-refractivity contribution in [2.75, 3.05) is 13.6 Å². The second-order valence-corrected chi connectivity index (χ2v) is 4.29. The molecule has 0 saturated carbocycles. The summed E-state index contributed by atoms with van der Waals surface area (Å²) < 4.78 is 5.48. The Morgan fingerprint density at radius 1 is 1.38 bits per heavy atom. The van der Waals surface area contributed by atoms with Gasteiger partial charge in [0.2, 0.25) is 0 Å². The molecule has 3 rings (SSSR count). The summed E-state index contributed by atoms with van der Waals surface area (Å²) in [6.45, 7) is 0.834. The van der Waals surface area contributed by atoms with E-state index in [0.29, 0.717) is 6.42 Å². The van der Waals surface area contributed by atoms with Gasteiger partial charge in [-0.15, -0.1) is 0 Å². The predicted octanol–water partition coefficient (Wildman–Crippen LogP) is 2.38. The van der Waals surface area contributed by atoms with Crippen LogP contribution in [0.15, 0.2) is 34.9 Å². The van der Waals surface area contributed by atoms with Gasteiger partial charge < -0.3 is 4.42 Å². The predicted molar refractivity (Wildman–Crippen MR) is 61.2 cm³/mol. The smallest absolute Gasteiger partial charge is 0.155 e. The minimum atomic E-state index is -0.130. The quantitative estimate of drug-likeness (QED) is 0.732. The number of Topliss-reactive ketones (excluding diaryl/α,β-unsaturated/α-hetero) is 1. The normalized spacial score (nSPS) is 22.1. The number of benzene rings is 1. The minimum Gasteiger partial charge on any atom is -0.464 e. The highest BCUT2D eigenvalue weighted by molar-refractivity contribution is 5.92. The van der Waals surface area contributed by atoms with Crippen LogP contribution in [-0.4, -0.2) is 24.3 Å². The fraction of sp³-hybridized carbons (Fsp3) is 0.308. The second kappa shape index (κ2) is 3.46. The number of carbonyl (C=O) groups excluding carboxylic acids is 1. The van der Waals surface area contributed by atoms with Crippen molar-refractivity contribution in [2.45, 2.75) is 12.5 Å². The second-order valence-electron chi connectivity index (χ2n) is 4.29. The Kier molecular flexibility index (Phi) is 2.07. The maximum absolute atomic E-state index is 11.9. The lowest BCUT2D eigenvalue weighted by Gasteiger charge is -2.18. The van der Waals surface area contributed by atoms with E-state index in [1.807, 2.05) is 31.3 Å². The molecule has 1 unspecified atom stereocenters. The van der Waals surface area contributed by atoms with Crippen molar-refractivity contribution in [1.29, 1.82) is 0 Å². The topological polar surface area (TPSA) is 33.5 Å². The van der Waals surface area contributed by atoms with Crippen LogP contribution < -0.4 is 0 Å². The maximum Gasteiger partial charge on any atom is 0.155 e. The molecule has 0 bridgehead atoms. The molecule has 0 aliphatic carbocycles. The van der Waals surface area contributed by atoms with Crippen molar-refractivity contribution in [1.82, 2.24) is 4.90 Å². The fourth-order valence-electron chi connectivity index (χ4n) is 2.44. The van der Waals surface area contributed by atoms with Crippen LogP contribution in [0.25, 0.3) is 11.0 Å². The summed E-state index contributed by atoms with van der Waals surface area (Å²) in [5.74, 6) is 0.284. The highest BCUT2D eigenvalue weighted by Crippen LogP contribution is 2.32. The van der Waals surface area contributed by atoms with Gasteiger partial charge in [0, 0.05) is 23.9 Å². The molecule has 0 radical (unpaired) electrons. The molecular formula is C13H13NO2. The van der Waals surface area contributed by atoms with Gasteiger partial charge in [-0.3, -0.25) is 9.69 Å². The van der Waals surface area contributed by atoms with Gasteiger partial charge in [0.05, 0.1) is 12.3 Å². The van der Waals surface area contributed by atoms with Gasteiger partial charge >= 0.3 is 0 Å². The van der Waals surface area contributed by atoms with Crippen LogP contribution in [0.1, 0.15) is 18.0 Å². The molecule has 2 aromatic rings. The van der Waals surface area contributed by atoms with Crippen LogP contribution in [0.2, 0.25) is 0 Å². The van der Waals surface area contributed by atoms with Crippen molar-refractivity contribution < 1.29 is 9.21 Å². The number of hydrogen-bond acceptors (Lipinski definition) is 3. The molecule has 1 atom stereocenters. The summed E-state index contributed by atoms with van der Waals surface area (Å²) in [6.07, 6.45) is 2.31. The number of ketones is 1. The number of nitrogens with zero attached hydrogens (tertiary/aromatic N) is 1. The maximum atomic E-state index is 11.9. The summed E-state index contributed by atoms with van der Waals surface area (Å²) in [7, 11) is 1.98. The SMILES string of the molecule is CN1CCC(=O)C1c1cccc2ccoc12. The van der Waals surface area contributed by atoms with Crippen molar-refractivity contribution in [3.8, 4) is 0 Å². The average molecular weight is 215 g/mol. The Bertz CT molecular complexity index is 544. The molecule has 1 aliphatic heterocycles. The molecule has 1 saturated heterocycles. The van der Waals surface area contributed by atoms with Crippen LogP contribution in [0.4, 0.5) is 0 Å². The van der Waals surface area contributed by atoms with E-state index in [9.17, 15) is 4.79 Å². The first-order valence-corrected chi connectivity index (χ1v) is 5.46. The first kappa shape index (κ1) is 9.60. The Hall–Kier alpha value is -1.61. The zero-order chi connectivity index (χ0) is 11.1. The summed E-state index contributed by atoms with van der Waals surface area (Å²) in [4.78, 5) is 14.0. The van der Waals surface area contributed by atoms with Gasteiger partial charge in [-0.05, 0) is 13.1 Å². The number of hydrogen-bond donors (Lipinski definition) is 0. The molecule has 3 heteroatoms. The number of carbonyl (C=O) groups is 1. The summed E-state index contributed by atoms with van der Waals surface area (Å²) in [6, 6.07) is 7.76. The van der Waals surface area contributed by atoms with Gasteiger partial charge in [0.1, 0.15) is 5.58 Å².